The molecule has 3 aromatic heterocycles. The van der Waals surface area contributed by atoms with Gasteiger partial charge in [-0.15, -0.1) is 0 Å². The number of rotatable bonds is 7. The second kappa shape index (κ2) is 8.82. The van der Waals surface area contributed by atoms with Gasteiger partial charge in [-0.3, -0.25) is 9.20 Å². The quantitative estimate of drug-likeness (QED) is 0.392. The minimum absolute atomic E-state index is 0.190. The van der Waals surface area contributed by atoms with Gasteiger partial charge in [0.25, 0.3) is 5.91 Å². The number of fused-ring (bicyclic) bond motifs is 1. The number of nitrogens with zero attached hydrogens (tertiary/aromatic N) is 2. The molecule has 0 saturated heterocycles. The van der Waals surface area contributed by atoms with Gasteiger partial charge < -0.3 is 20.2 Å². The summed E-state index contributed by atoms with van der Waals surface area (Å²) >= 11 is 0. The maximum Gasteiger partial charge on any atom is 0.326 e. The highest BCUT2D eigenvalue weighted by Crippen LogP contribution is 2.31. The topological polar surface area (TPSA) is 109 Å². The average Bonchev–Trinajstić information content (AvgIpc) is 3.41. The van der Waals surface area contributed by atoms with Gasteiger partial charge in [0, 0.05) is 23.7 Å². The molecule has 1 amide bonds. The lowest BCUT2D eigenvalue weighted by Crippen LogP contribution is -2.42. The number of carbonyl (C=O) groups excluding carboxylic acids is 1. The molecular formula is C25H26N4O4. The van der Waals surface area contributed by atoms with Crippen molar-refractivity contribution in [1.29, 1.82) is 0 Å². The molecule has 0 bridgehead atoms. The Morgan fingerprint density at radius 3 is 2.52 bits per heavy atom. The fourth-order valence-electron chi connectivity index (χ4n) is 3.54. The number of anilines is 1. The number of carboxylic acid groups (broad SMARTS) is 1. The van der Waals surface area contributed by atoms with Crippen LogP contribution in [0.3, 0.4) is 0 Å². The number of nitrogens with one attached hydrogen (secondary N) is 2. The molecule has 0 saturated carbocycles. The van der Waals surface area contributed by atoms with Crippen molar-refractivity contribution in [3.05, 3.63) is 78.2 Å². The summed E-state index contributed by atoms with van der Waals surface area (Å²) in [4.78, 5) is 29.3. The highest BCUT2D eigenvalue weighted by atomic mass is 16.4. The molecule has 3 N–H and O–H groups in total. The third-order valence-corrected chi connectivity index (χ3v) is 5.02. The summed E-state index contributed by atoms with van der Waals surface area (Å²) in [5.74, 6) is -0.225. The first kappa shape index (κ1) is 22.1. The third-order valence-electron chi connectivity index (χ3n) is 5.02. The molecule has 0 fully saturated rings. The summed E-state index contributed by atoms with van der Waals surface area (Å²) in [5.41, 5.74) is 2.07. The van der Waals surface area contributed by atoms with Gasteiger partial charge in [-0.2, -0.15) is 0 Å². The maximum absolute atomic E-state index is 12.9. The first-order valence-corrected chi connectivity index (χ1v) is 10.6. The summed E-state index contributed by atoms with van der Waals surface area (Å²) in [6.45, 7) is 6.12. The van der Waals surface area contributed by atoms with Crippen molar-refractivity contribution < 1.29 is 19.1 Å². The van der Waals surface area contributed by atoms with Crippen LogP contribution >= 0.6 is 0 Å². The van der Waals surface area contributed by atoms with E-state index in [2.05, 4.69) is 15.6 Å². The number of pyridine rings is 1. The molecule has 0 aliphatic rings. The van der Waals surface area contributed by atoms with Crippen molar-refractivity contribution >= 4 is 23.3 Å². The number of carboxylic acids is 1. The van der Waals surface area contributed by atoms with E-state index < -0.39 is 17.9 Å². The highest BCUT2D eigenvalue weighted by Gasteiger charge is 2.24. The summed E-state index contributed by atoms with van der Waals surface area (Å²) in [5, 5.41) is 15.7. The number of imidazole rings is 1. The molecule has 8 heteroatoms. The van der Waals surface area contributed by atoms with Crippen LogP contribution in [-0.4, -0.2) is 37.9 Å². The largest absolute Gasteiger partial charge is 0.480 e. The second-order valence-corrected chi connectivity index (χ2v) is 8.86. The first-order valence-electron chi connectivity index (χ1n) is 10.6. The van der Waals surface area contributed by atoms with E-state index in [9.17, 15) is 14.7 Å². The molecule has 170 valence electrons. The van der Waals surface area contributed by atoms with Gasteiger partial charge in [0.15, 0.2) is 5.76 Å². The van der Waals surface area contributed by atoms with Crippen molar-refractivity contribution in [2.45, 2.75) is 38.8 Å². The van der Waals surface area contributed by atoms with Gasteiger partial charge >= 0.3 is 5.97 Å². The number of benzene rings is 1. The lowest BCUT2D eigenvalue weighted by atomic mass is 10.1. The molecule has 1 aromatic carbocycles. The minimum atomic E-state index is -1.09. The van der Waals surface area contributed by atoms with Crippen LogP contribution in [0.5, 0.6) is 0 Å². The van der Waals surface area contributed by atoms with Crippen molar-refractivity contribution in [1.82, 2.24) is 14.7 Å². The van der Waals surface area contributed by atoms with Crippen molar-refractivity contribution in [3.8, 4) is 11.5 Å². The molecule has 3 heterocycles. The van der Waals surface area contributed by atoms with Crippen LogP contribution in [-0.2, 0) is 11.2 Å². The average molecular weight is 447 g/mol. The number of aromatic nitrogens is 2. The summed E-state index contributed by atoms with van der Waals surface area (Å²) < 4.78 is 7.40. The maximum atomic E-state index is 12.9. The SMILES string of the molecule is CC(C)(C)Nc1c(-c2ccco2)nc2cc(C(=O)NC(Cc3ccccc3)C(=O)O)ccn12. The molecular weight excluding hydrogens is 420 g/mol. The lowest BCUT2D eigenvalue weighted by Gasteiger charge is -2.22. The first-order chi connectivity index (χ1) is 15.7. The second-order valence-electron chi connectivity index (χ2n) is 8.86. The van der Waals surface area contributed by atoms with E-state index in [1.807, 2.05) is 61.6 Å². The Hall–Kier alpha value is -4.07. The van der Waals surface area contributed by atoms with Crippen molar-refractivity contribution in [2.24, 2.45) is 0 Å². The van der Waals surface area contributed by atoms with Crippen LogP contribution < -0.4 is 10.6 Å². The molecule has 0 aliphatic heterocycles. The number of aliphatic carboxylic acids is 1. The Balaban J connectivity index is 1.64. The number of hydrogen-bond donors (Lipinski definition) is 3. The van der Waals surface area contributed by atoms with Crippen LogP contribution in [0.4, 0.5) is 5.82 Å². The summed E-state index contributed by atoms with van der Waals surface area (Å²) in [6, 6.07) is 15.0. The zero-order valence-corrected chi connectivity index (χ0v) is 18.7. The predicted molar refractivity (Wildman–Crippen MR) is 125 cm³/mol. The van der Waals surface area contributed by atoms with E-state index in [4.69, 9.17) is 4.42 Å². The van der Waals surface area contributed by atoms with E-state index in [0.717, 1.165) is 11.4 Å². The smallest absolute Gasteiger partial charge is 0.326 e. The van der Waals surface area contributed by atoms with Crippen LogP contribution in [0.15, 0.2) is 71.5 Å². The monoisotopic (exact) mass is 446 g/mol. The highest BCUT2D eigenvalue weighted by molar-refractivity contribution is 5.97. The third kappa shape index (κ3) is 5.06. The normalized spacial score (nSPS) is 12.5. The Kier molecular flexibility index (Phi) is 5.91. The van der Waals surface area contributed by atoms with E-state index in [1.54, 1.807) is 30.7 Å². The Morgan fingerprint density at radius 2 is 1.88 bits per heavy atom. The molecule has 4 aromatic rings. The van der Waals surface area contributed by atoms with Crippen LogP contribution in [0, 0.1) is 0 Å². The van der Waals surface area contributed by atoms with E-state index >= 15 is 0 Å². The molecule has 0 aliphatic carbocycles. The van der Waals surface area contributed by atoms with Gasteiger partial charge in [0.1, 0.15) is 23.2 Å². The fraction of sp³-hybridized carbons (Fsp3) is 0.240. The lowest BCUT2D eigenvalue weighted by molar-refractivity contribution is -0.139. The number of carbonyl (C=O) groups is 2. The van der Waals surface area contributed by atoms with Crippen LogP contribution in [0.2, 0.25) is 0 Å². The Bertz CT molecular complexity index is 1270. The van der Waals surface area contributed by atoms with Gasteiger partial charge in [-0.1, -0.05) is 30.3 Å². The summed E-state index contributed by atoms with van der Waals surface area (Å²) in [7, 11) is 0. The van der Waals surface area contributed by atoms with Gasteiger partial charge in [0.05, 0.1) is 6.26 Å². The zero-order chi connectivity index (χ0) is 23.6. The van der Waals surface area contributed by atoms with Crippen LogP contribution in [0.25, 0.3) is 17.1 Å². The molecule has 8 nitrogen and oxygen atoms in total. The standard InChI is InChI=1S/C25H26N4O4/c1-25(2,3)28-22-21(19-10-7-13-33-19)27-20-15-17(11-12-29(20)22)23(30)26-18(24(31)32)14-16-8-5-4-6-9-16/h4-13,15,18,28H,14H2,1-3H3,(H,26,30)(H,31,32). The van der Waals surface area contributed by atoms with Crippen molar-refractivity contribution in [2.75, 3.05) is 5.32 Å². The Labute approximate surface area is 191 Å². The zero-order valence-electron chi connectivity index (χ0n) is 18.7. The minimum Gasteiger partial charge on any atom is -0.480 e. The Morgan fingerprint density at radius 1 is 1.12 bits per heavy atom. The van der Waals surface area contributed by atoms with Gasteiger partial charge in [-0.25, -0.2) is 9.78 Å². The summed E-state index contributed by atoms with van der Waals surface area (Å²) in [6.07, 6.45) is 3.51. The predicted octanol–water partition coefficient (Wildman–Crippen LogP) is 4.23. The van der Waals surface area contributed by atoms with Crippen LogP contribution in [0.1, 0.15) is 36.7 Å². The number of amides is 1. The van der Waals surface area contributed by atoms with E-state index in [1.165, 1.54) is 0 Å². The fourth-order valence-corrected chi connectivity index (χ4v) is 3.54. The van der Waals surface area contributed by atoms with E-state index in [-0.39, 0.29) is 12.0 Å². The number of hydrogen-bond acceptors (Lipinski definition) is 5. The molecule has 4 rings (SSSR count). The molecule has 0 spiro atoms. The molecule has 1 unspecified atom stereocenters. The number of furan rings is 1. The van der Waals surface area contributed by atoms with E-state index in [0.29, 0.717) is 22.7 Å². The van der Waals surface area contributed by atoms with Gasteiger partial charge in [-0.05, 0) is 50.6 Å². The van der Waals surface area contributed by atoms with Crippen molar-refractivity contribution in [3.63, 3.8) is 0 Å². The molecule has 0 radical (unpaired) electrons. The molecule has 33 heavy (non-hydrogen) atoms. The van der Waals surface area contributed by atoms with Gasteiger partial charge in [0.2, 0.25) is 0 Å². The molecule has 1 atom stereocenters.